The fourth-order valence-electron chi connectivity index (χ4n) is 10.8. The standard InChI is InChI=1S/C53H58N2Si2/c1-35-27-36(2)30-44(29-35)54(50-19-15-13-17-39(50)5)42-22-25-46-41(33-42)21-24-48-47-26-23-43(34-49(47)53(52(46)48,56(7,8)9)57(10,11)12)55(51-20-16-14-18-40(51)6)45-31-37(3)28-38(4)32-45/h13-34H,1-12H3. The van der Waals surface area contributed by atoms with Crippen molar-refractivity contribution >= 4 is 61.0 Å². The van der Waals surface area contributed by atoms with Crippen molar-refractivity contribution < 1.29 is 0 Å². The molecule has 4 heteroatoms. The molecule has 57 heavy (non-hydrogen) atoms. The van der Waals surface area contributed by atoms with Gasteiger partial charge in [0.05, 0.1) is 16.1 Å². The Hall–Kier alpha value is -5.17. The molecule has 0 radical (unpaired) electrons. The van der Waals surface area contributed by atoms with Gasteiger partial charge < -0.3 is 9.80 Å². The summed E-state index contributed by atoms with van der Waals surface area (Å²) < 4.78 is -0.0367. The van der Waals surface area contributed by atoms with Gasteiger partial charge in [-0.2, -0.15) is 0 Å². The smallest absolute Gasteiger partial charge is 0.0579 e. The van der Waals surface area contributed by atoms with Gasteiger partial charge in [0.25, 0.3) is 0 Å². The van der Waals surface area contributed by atoms with Crippen LogP contribution in [-0.2, 0) is 4.66 Å². The van der Waals surface area contributed by atoms with Gasteiger partial charge in [-0.15, -0.1) is 0 Å². The zero-order valence-corrected chi connectivity index (χ0v) is 38.1. The number of nitrogens with zero attached hydrogens (tertiary/aromatic N) is 2. The number of rotatable bonds is 8. The van der Waals surface area contributed by atoms with Gasteiger partial charge in [0.15, 0.2) is 0 Å². The Morgan fingerprint density at radius 1 is 0.404 bits per heavy atom. The topological polar surface area (TPSA) is 6.48 Å². The highest BCUT2D eigenvalue weighted by atomic mass is 28.4. The van der Waals surface area contributed by atoms with E-state index in [9.17, 15) is 0 Å². The van der Waals surface area contributed by atoms with Crippen LogP contribution < -0.4 is 9.80 Å². The Bertz CT molecular complexity index is 2640. The third-order valence-electron chi connectivity index (χ3n) is 12.5. The SMILES string of the molecule is Cc1cc(C)cc(N(c2ccc3c(c2)C([Si](C)(C)C)([Si](C)(C)C)c2c-3ccc3cc(N(c4cc(C)cc(C)c4)c4ccccc4C)ccc23)c2ccccc2C)c1. The molecule has 7 aromatic carbocycles. The number of hydrogen-bond acceptors (Lipinski definition) is 2. The summed E-state index contributed by atoms with van der Waals surface area (Å²) in [6, 6.07) is 51.1. The number of anilines is 6. The summed E-state index contributed by atoms with van der Waals surface area (Å²) in [4.78, 5) is 4.97. The second kappa shape index (κ2) is 14.0. The number of benzene rings is 7. The molecule has 1 aliphatic rings. The molecule has 8 rings (SSSR count). The third kappa shape index (κ3) is 6.38. The van der Waals surface area contributed by atoms with E-state index in [1.54, 1.807) is 5.56 Å². The molecule has 0 spiro atoms. The van der Waals surface area contributed by atoms with Gasteiger partial charge in [-0.05, 0) is 169 Å². The van der Waals surface area contributed by atoms with E-state index in [4.69, 9.17) is 0 Å². The fourth-order valence-corrected chi connectivity index (χ4v) is 23.8. The van der Waals surface area contributed by atoms with Crippen molar-refractivity contribution in [1.82, 2.24) is 0 Å². The van der Waals surface area contributed by atoms with Gasteiger partial charge in [0, 0.05) is 38.8 Å². The van der Waals surface area contributed by atoms with E-state index >= 15 is 0 Å². The molecule has 0 N–H and O–H groups in total. The maximum Gasteiger partial charge on any atom is 0.0579 e. The van der Waals surface area contributed by atoms with Crippen molar-refractivity contribution in [2.75, 3.05) is 9.80 Å². The highest BCUT2D eigenvalue weighted by Crippen LogP contribution is 2.61. The van der Waals surface area contributed by atoms with Crippen LogP contribution in [0.25, 0.3) is 21.9 Å². The van der Waals surface area contributed by atoms with E-state index in [-0.39, 0.29) is 4.66 Å². The van der Waals surface area contributed by atoms with Gasteiger partial charge in [-0.3, -0.25) is 0 Å². The molecule has 0 unspecified atom stereocenters. The maximum atomic E-state index is 2.63. The molecule has 0 heterocycles. The molecule has 0 aliphatic heterocycles. The van der Waals surface area contributed by atoms with Crippen molar-refractivity contribution in [3.05, 3.63) is 178 Å². The van der Waals surface area contributed by atoms with Gasteiger partial charge >= 0.3 is 0 Å². The highest BCUT2D eigenvalue weighted by Gasteiger charge is 2.59. The first kappa shape index (κ1) is 38.7. The minimum atomic E-state index is -2.00. The highest BCUT2D eigenvalue weighted by molar-refractivity contribution is 7.00. The van der Waals surface area contributed by atoms with Crippen molar-refractivity contribution in [3.63, 3.8) is 0 Å². The molecule has 0 amide bonds. The Kier molecular flexibility index (Phi) is 9.53. The largest absolute Gasteiger partial charge is 0.310 e. The van der Waals surface area contributed by atoms with Crippen LogP contribution in [0, 0.1) is 41.5 Å². The number of hydrogen-bond donors (Lipinski definition) is 0. The first-order chi connectivity index (χ1) is 27.0. The lowest BCUT2D eigenvalue weighted by molar-refractivity contribution is 0.961. The average Bonchev–Trinajstić information content (AvgIpc) is 3.45. The first-order valence-electron chi connectivity index (χ1n) is 20.6. The summed E-state index contributed by atoms with van der Waals surface area (Å²) in [5, 5.41) is 2.70. The molecule has 1 aliphatic carbocycles. The van der Waals surface area contributed by atoms with Crippen LogP contribution in [-0.4, -0.2) is 16.1 Å². The molecule has 2 nitrogen and oxygen atoms in total. The van der Waals surface area contributed by atoms with Gasteiger partial charge in [0.1, 0.15) is 0 Å². The van der Waals surface area contributed by atoms with Gasteiger partial charge in [-0.1, -0.05) is 112 Å². The lowest BCUT2D eigenvalue weighted by atomic mass is 9.97. The number of aryl methyl sites for hydroxylation is 6. The van der Waals surface area contributed by atoms with Crippen molar-refractivity contribution in [2.45, 2.75) is 85.5 Å². The van der Waals surface area contributed by atoms with E-state index in [1.165, 1.54) is 95.0 Å². The predicted octanol–water partition coefficient (Wildman–Crippen LogP) is 15.7. The molecule has 0 fully saturated rings. The molecule has 0 atom stereocenters. The van der Waals surface area contributed by atoms with Crippen LogP contribution in [0.1, 0.15) is 44.5 Å². The molecule has 7 aromatic rings. The summed E-state index contributed by atoms with van der Waals surface area (Å²) in [7, 11) is -4.01. The van der Waals surface area contributed by atoms with E-state index in [2.05, 4.69) is 224 Å². The molecule has 0 bridgehead atoms. The summed E-state index contributed by atoms with van der Waals surface area (Å²) in [6.45, 7) is 29.1. The average molecular weight is 779 g/mol. The normalized spacial score (nSPS) is 13.4. The van der Waals surface area contributed by atoms with Crippen molar-refractivity contribution in [3.8, 4) is 11.1 Å². The molecule has 0 saturated heterocycles. The Morgan fingerprint density at radius 2 is 0.842 bits per heavy atom. The minimum absolute atomic E-state index is 0.0367. The fraction of sp³-hybridized carbons (Fsp3) is 0.245. The summed E-state index contributed by atoms with van der Waals surface area (Å²) in [6.07, 6.45) is 0. The maximum absolute atomic E-state index is 2.63. The molecule has 288 valence electrons. The zero-order valence-electron chi connectivity index (χ0n) is 36.1. The predicted molar refractivity (Wildman–Crippen MR) is 255 cm³/mol. The van der Waals surface area contributed by atoms with Gasteiger partial charge in [0.2, 0.25) is 0 Å². The van der Waals surface area contributed by atoms with E-state index < -0.39 is 16.1 Å². The van der Waals surface area contributed by atoms with E-state index in [1.807, 2.05) is 0 Å². The zero-order chi connectivity index (χ0) is 40.6. The summed E-state index contributed by atoms with van der Waals surface area (Å²) >= 11 is 0. The second-order valence-electron chi connectivity index (χ2n) is 18.8. The van der Waals surface area contributed by atoms with Crippen molar-refractivity contribution in [2.24, 2.45) is 0 Å². The van der Waals surface area contributed by atoms with E-state index in [0.717, 1.165) is 0 Å². The molecule has 0 saturated carbocycles. The first-order valence-corrected chi connectivity index (χ1v) is 27.6. The monoisotopic (exact) mass is 778 g/mol. The lowest BCUT2D eigenvalue weighted by Gasteiger charge is -2.51. The Balaban J connectivity index is 1.38. The van der Waals surface area contributed by atoms with Crippen LogP contribution in [0.15, 0.2) is 133 Å². The van der Waals surface area contributed by atoms with E-state index in [0.29, 0.717) is 0 Å². The molecular weight excluding hydrogens is 721 g/mol. The van der Waals surface area contributed by atoms with Crippen molar-refractivity contribution in [1.29, 1.82) is 0 Å². The van der Waals surface area contributed by atoms with Crippen LogP contribution in [0.3, 0.4) is 0 Å². The number of para-hydroxylation sites is 2. The molecule has 0 aromatic heterocycles. The third-order valence-corrected chi connectivity index (χ3v) is 22.5. The van der Waals surface area contributed by atoms with Crippen LogP contribution in [0.2, 0.25) is 39.3 Å². The van der Waals surface area contributed by atoms with Crippen LogP contribution in [0.5, 0.6) is 0 Å². The lowest BCUT2D eigenvalue weighted by Crippen LogP contribution is -2.63. The second-order valence-corrected chi connectivity index (χ2v) is 29.8. The molecular formula is C53H58N2Si2. The summed E-state index contributed by atoms with van der Waals surface area (Å²) in [5.41, 5.74) is 20.8. The van der Waals surface area contributed by atoms with Crippen LogP contribution >= 0.6 is 0 Å². The Morgan fingerprint density at radius 3 is 1.32 bits per heavy atom. The summed E-state index contributed by atoms with van der Waals surface area (Å²) in [5.74, 6) is 0. The minimum Gasteiger partial charge on any atom is -0.310 e. The van der Waals surface area contributed by atoms with Gasteiger partial charge in [-0.25, -0.2) is 0 Å². The van der Waals surface area contributed by atoms with Crippen LogP contribution in [0.4, 0.5) is 34.1 Å². The number of fused-ring (bicyclic) bond motifs is 5. The Labute approximate surface area is 343 Å². The quantitative estimate of drug-likeness (QED) is 0.142.